The molecule has 2 rings (SSSR count). The molecule has 0 bridgehead atoms. The van der Waals surface area contributed by atoms with Crippen molar-refractivity contribution in [3.63, 3.8) is 0 Å². The van der Waals surface area contributed by atoms with Gasteiger partial charge in [0.2, 0.25) is 0 Å². The molecule has 1 unspecified atom stereocenters. The van der Waals surface area contributed by atoms with Crippen molar-refractivity contribution in [3.8, 4) is 0 Å². The number of carboxylic acids is 1. The van der Waals surface area contributed by atoms with E-state index in [4.69, 9.17) is 5.11 Å². The summed E-state index contributed by atoms with van der Waals surface area (Å²) in [4.78, 5) is 35.7. The van der Waals surface area contributed by atoms with Gasteiger partial charge in [0.05, 0.1) is 0 Å². The standard InChI is InChI=1S/C11H15N3O4/c15-9-8(10(16)17)6-14(11(18)13-9)5-7-2-1-3-12-4-7/h6-7,12H,1-5H2,(H,16,17)(H,13,15,18). The van der Waals surface area contributed by atoms with Gasteiger partial charge in [0, 0.05) is 12.7 Å². The topological polar surface area (TPSA) is 104 Å². The Balaban J connectivity index is 2.26. The lowest BCUT2D eigenvalue weighted by Gasteiger charge is -2.23. The van der Waals surface area contributed by atoms with E-state index in [0.29, 0.717) is 6.54 Å². The van der Waals surface area contributed by atoms with Crippen LogP contribution >= 0.6 is 0 Å². The molecule has 1 saturated heterocycles. The minimum Gasteiger partial charge on any atom is -0.477 e. The highest BCUT2D eigenvalue weighted by Crippen LogP contribution is 2.11. The second-order valence-electron chi connectivity index (χ2n) is 4.47. The Morgan fingerprint density at radius 2 is 2.28 bits per heavy atom. The SMILES string of the molecule is O=C(O)c1cn(CC2CCCNC2)c(=O)[nH]c1=O. The number of nitrogens with one attached hydrogen (secondary N) is 2. The lowest BCUT2D eigenvalue weighted by Crippen LogP contribution is -2.38. The number of rotatable bonds is 3. The first-order valence-electron chi connectivity index (χ1n) is 5.85. The van der Waals surface area contributed by atoms with Crippen LogP contribution in [-0.2, 0) is 6.54 Å². The summed E-state index contributed by atoms with van der Waals surface area (Å²) in [7, 11) is 0. The molecule has 1 aliphatic heterocycles. The summed E-state index contributed by atoms with van der Waals surface area (Å²) >= 11 is 0. The summed E-state index contributed by atoms with van der Waals surface area (Å²) in [5.74, 6) is -1.05. The van der Waals surface area contributed by atoms with E-state index >= 15 is 0 Å². The van der Waals surface area contributed by atoms with Crippen LogP contribution < -0.4 is 16.6 Å². The lowest BCUT2D eigenvalue weighted by molar-refractivity contribution is 0.0693. The number of piperidine rings is 1. The number of nitrogens with zero attached hydrogens (tertiary/aromatic N) is 1. The first kappa shape index (κ1) is 12.6. The van der Waals surface area contributed by atoms with Gasteiger partial charge >= 0.3 is 11.7 Å². The number of aromatic carboxylic acids is 1. The second-order valence-corrected chi connectivity index (χ2v) is 4.47. The molecular formula is C11H15N3O4. The minimum atomic E-state index is -1.33. The average molecular weight is 253 g/mol. The zero-order valence-corrected chi connectivity index (χ0v) is 9.81. The highest BCUT2D eigenvalue weighted by molar-refractivity contribution is 5.86. The van der Waals surface area contributed by atoms with E-state index < -0.39 is 22.8 Å². The van der Waals surface area contributed by atoms with Gasteiger partial charge in [-0.1, -0.05) is 0 Å². The fraction of sp³-hybridized carbons (Fsp3) is 0.545. The van der Waals surface area contributed by atoms with E-state index in [1.54, 1.807) is 0 Å². The summed E-state index contributed by atoms with van der Waals surface area (Å²) in [6.07, 6.45) is 3.15. The molecule has 0 aromatic carbocycles. The summed E-state index contributed by atoms with van der Waals surface area (Å²) < 4.78 is 1.27. The number of aromatic amines is 1. The van der Waals surface area contributed by atoms with Crippen molar-refractivity contribution < 1.29 is 9.90 Å². The van der Waals surface area contributed by atoms with Crippen molar-refractivity contribution in [2.24, 2.45) is 5.92 Å². The molecule has 1 aliphatic rings. The van der Waals surface area contributed by atoms with Crippen LogP contribution in [0.4, 0.5) is 0 Å². The summed E-state index contributed by atoms with van der Waals surface area (Å²) in [6, 6.07) is 0. The van der Waals surface area contributed by atoms with E-state index in [9.17, 15) is 14.4 Å². The van der Waals surface area contributed by atoms with Gasteiger partial charge in [-0.25, -0.2) is 9.59 Å². The number of carboxylic acid groups (broad SMARTS) is 1. The van der Waals surface area contributed by atoms with Crippen LogP contribution in [0.5, 0.6) is 0 Å². The largest absolute Gasteiger partial charge is 0.477 e. The molecule has 0 spiro atoms. The van der Waals surface area contributed by atoms with Gasteiger partial charge in [-0.3, -0.25) is 14.3 Å². The maximum atomic E-state index is 11.6. The molecule has 7 heteroatoms. The molecule has 3 N–H and O–H groups in total. The van der Waals surface area contributed by atoms with Crippen LogP contribution in [0.15, 0.2) is 15.8 Å². The Morgan fingerprint density at radius 1 is 1.50 bits per heavy atom. The molecule has 98 valence electrons. The number of carbonyl (C=O) groups is 1. The van der Waals surface area contributed by atoms with Gasteiger partial charge in [-0.05, 0) is 31.8 Å². The highest BCUT2D eigenvalue weighted by atomic mass is 16.4. The predicted molar refractivity (Wildman–Crippen MR) is 63.9 cm³/mol. The summed E-state index contributed by atoms with van der Waals surface area (Å²) in [5.41, 5.74) is -1.82. The summed E-state index contributed by atoms with van der Waals surface area (Å²) in [5, 5.41) is 12.1. The Hall–Kier alpha value is -1.89. The number of aromatic nitrogens is 2. The molecule has 0 radical (unpaired) electrons. The maximum Gasteiger partial charge on any atom is 0.342 e. The predicted octanol–water partition coefficient (Wildman–Crippen LogP) is -0.766. The van der Waals surface area contributed by atoms with E-state index in [1.165, 1.54) is 4.57 Å². The molecule has 7 nitrogen and oxygen atoms in total. The van der Waals surface area contributed by atoms with Crippen LogP contribution in [-0.4, -0.2) is 33.7 Å². The van der Waals surface area contributed by atoms with Crippen molar-refractivity contribution in [2.75, 3.05) is 13.1 Å². The molecule has 1 aromatic heterocycles. The van der Waals surface area contributed by atoms with Crippen molar-refractivity contribution in [2.45, 2.75) is 19.4 Å². The third kappa shape index (κ3) is 2.67. The Bertz CT molecular complexity index is 554. The Morgan fingerprint density at radius 3 is 2.89 bits per heavy atom. The third-order valence-corrected chi connectivity index (χ3v) is 3.10. The maximum absolute atomic E-state index is 11.6. The second kappa shape index (κ2) is 5.18. The smallest absolute Gasteiger partial charge is 0.342 e. The average Bonchev–Trinajstić information content (AvgIpc) is 2.33. The van der Waals surface area contributed by atoms with E-state index in [-0.39, 0.29) is 5.92 Å². The fourth-order valence-electron chi connectivity index (χ4n) is 2.16. The van der Waals surface area contributed by atoms with Gasteiger partial charge in [0.15, 0.2) is 0 Å². The van der Waals surface area contributed by atoms with E-state index in [2.05, 4.69) is 5.32 Å². The Kier molecular flexibility index (Phi) is 3.61. The molecule has 0 saturated carbocycles. The lowest BCUT2D eigenvalue weighted by atomic mass is 10.00. The first-order valence-corrected chi connectivity index (χ1v) is 5.85. The van der Waals surface area contributed by atoms with E-state index in [0.717, 1.165) is 32.1 Å². The fourth-order valence-corrected chi connectivity index (χ4v) is 2.16. The van der Waals surface area contributed by atoms with Gasteiger partial charge in [0.1, 0.15) is 5.56 Å². The Labute approximate surface area is 102 Å². The van der Waals surface area contributed by atoms with Gasteiger partial charge in [-0.15, -0.1) is 0 Å². The molecule has 1 atom stereocenters. The minimum absolute atomic E-state index is 0.281. The highest BCUT2D eigenvalue weighted by Gasteiger charge is 2.16. The normalized spacial score (nSPS) is 19.7. The van der Waals surface area contributed by atoms with Crippen LogP contribution in [0.25, 0.3) is 0 Å². The quantitative estimate of drug-likeness (QED) is 0.656. The number of hydrogen-bond acceptors (Lipinski definition) is 4. The van der Waals surface area contributed by atoms with Gasteiger partial charge in [0.25, 0.3) is 5.56 Å². The zero-order chi connectivity index (χ0) is 13.1. The first-order chi connectivity index (χ1) is 8.58. The molecular weight excluding hydrogens is 238 g/mol. The van der Waals surface area contributed by atoms with Crippen LogP contribution in [0.3, 0.4) is 0 Å². The molecule has 1 fully saturated rings. The molecule has 1 aromatic rings. The van der Waals surface area contributed by atoms with Crippen molar-refractivity contribution in [1.82, 2.24) is 14.9 Å². The van der Waals surface area contributed by atoms with Crippen LogP contribution in [0, 0.1) is 5.92 Å². The van der Waals surface area contributed by atoms with Gasteiger partial charge in [-0.2, -0.15) is 0 Å². The van der Waals surface area contributed by atoms with Crippen molar-refractivity contribution in [1.29, 1.82) is 0 Å². The molecule has 18 heavy (non-hydrogen) atoms. The molecule has 0 aliphatic carbocycles. The number of H-pyrrole nitrogens is 1. The third-order valence-electron chi connectivity index (χ3n) is 3.10. The van der Waals surface area contributed by atoms with E-state index in [1.807, 2.05) is 4.98 Å². The van der Waals surface area contributed by atoms with Crippen LogP contribution in [0.1, 0.15) is 23.2 Å². The van der Waals surface area contributed by atoms with Crippen molar-refractivity contribution in [3.05, 3.63) is 32.6 Å². The number of hydrogen-bond donors (Lipinski definition) is 3. The van der Waals surface area contributed by atoms with Gasteiger partial charge < -0.3 is 10.4 Å². The molecule has 2 heterocycles. The molecule has 0 amide bonds. The van der Waals surface area contributed by atoms with Crippen molar-refractivity contribution >= 4 is 5.97 Å². The monoisotopic (exact) mass is 253 g/mol. The zero-order valence-electron chi connectivity index (χ0n) is 9.81. The summed E-state index contributed by atoms with van der Waals surface area (Å²) in [6.45, 7) is 2.19. The van der Waals surface area contributed by atoms with Crippen LogP contribution in [0.2, 0.25) is 0 Å².